The first-order chi connectivity index (χ1) is 7.99. The van der Waals surface area contributed by atoms with Gasteiger partial charge in [0.25, 0.3) is 5.91 Å². The molecule has 1 rings (SSSR count). The van der Waals surface area contributed by atoms with Crippen molar-refractivity contribution >= 4 is 11.9 Å². The third-order valence-electron chi connectivity index (χ3n) is 1.95. The maximum atomic E-state index is 11.2. The largest absolute Gasteiger partial charge is 0.508 e. The van der Waals surface area contributed by atoms with Gasteiger partial charge in [-0.1, -0.05) is 0 Å². The Bertz CT molecular complexity index is 401. The zero-order valence-electron chi connectivity index (χ0n) is 9.21. The summed E-state index contributed by atoms with van der Waals surface area (Å²) >= 11 is 0. The van der Waals surface area contributed by atoms with Gasteiger partial charge in [-0.15, -0.1) is 0 Å². The van der Waals surface area contributed by atoms with Crippen molar-refractivity contribution in [1.29, 1.82) is 0 Å². The minimum Gasteiger partial charge on any atom is -0.508 e. The van der Waals surface area contributed by atoms with E-state index in [9.17, 15) is 9.59 Å². The highest BCUT2D eigenvalue weighted by molar-refractivity contribution is 5.84. The van der Waals surface area contributed by atoms with Crippen LogP contribution in [-0.2, 0) is 9.59 Å². The second kappa shape index (κ2) is 5.74. The van der Waals surface area contributed by atoms with Crippen molar-refractivity contribution in [3.8, 4) is 11.5 Å². The van der Waals surface area contributed by atoms with Gasteiger partial charge in [0.15, 0.2) is 6.61 Å². The molecule has 0 saturated carbocycles. The second-order valence-electron chi connectivity index (χ2n) is 3.41. The molecule has 92 valence electrons. The third-order valence-corrected chi connectivity index (χ3v) is 1.95. The van der Waals surface area contributed by atoms with Crippen LogP contribution in [0, 0.1) is 0 Å². The lowest BCUT2D eigenvalue weighted by molar-refractivity contribution is -0.141. The van der Waals surface area contributed by atoms with Crippen molar-refractivity contribution in [3.63, 3.8) is 0 Å². The quantitative estimate of drug-likeness (QED) is 0.689. The van der Waals surface area contributed by atoms with Crippen LogP contribution in [0.3, 0.4) is 0 Å². The molecule has 6 heteroatoms. The standard InChI is InChI=1S/C11H13NO5/c1-7(11(15)16)12-10(14)6-17-9-4-2-8(13)3-5-9/h2-5,7,13H,6H2,1H3,(H,12,14)(H,15,16). The molecule has 0 aromatic heterocycles. The summed E-state index contributed by atoms with van der Waals surface area (Å²) in [5, 5.41) is 19.8. The van der Waals surface area contributed by atoms with Crippen LogP contribution in [0.1, 0.15) is 6.92 Å². The normalized spacial score (nSPS) is 11.6. The molecule has 0 bridgehead atoms. The monoisotopic (exact) mass is 239 g/mol. The molecule has 6 nitrogen and oxygen atoms in total. The second-order valence-corrected chi connectivity index (χ2v) is 3.41. The van der Waals surface area contributed by atoms with Crippen LogP contribution < -0.4 is 10.1 Å². The number of nitrogens with one attached hydrogen (secondary N) is 1. The number of aliphatic carboxylic acids is 1. The average Bonchev–Trinajstić information content (AvgIpc) is 2.28. The molecule has 17 heavy (non-hydrogen) atoms. The number of phenols is 1. The first-order valence-corrected chi connectivity index (χ1v) is 4.93. The number of amides is 1. The Kier molecular flexibility index (Phi) is 4.33. The molecule has 0 aliphatic heterocycles. The number of carbonyl (C=O) groups is 2. The predicted molar refractivity (Wildman–Crippen MR) is 58.8 cm³/mol. The van der Waals surface area contributed by atoms with Crippen molar-refractivity contribution in [2.45, 2.75) is 13.0 Å². The van der Waals surface area contributed by atoms with Crippen LogP contribution in [0.4, 0.5) is 0 Å². The summed E-state index contributed by atoms with van der Waals surface area (Å²) in [6.07, 6.45) is 0. The molecule has 0 aliphatic rings. The summed E-state index contributed by atoms with van der Waals surface area (Å²) in [5.41, 5.74) is 0. The Hall–Kier alpha value is -2.24. The van der Waals surface area contributed by atoms with E-state index in [1.54, 1.807) is 0 Å². The van der Waals surface area contributed by atoms with Crippen molar-refractivity contribution in [2.75, 3.05) is 6.61 Å². The zero-order chi connectivity index (χ0) is 12.8. The highest BCUT2D eigenvalue weighted by Crippen LogP contribution is 2.15. The first kappa shape index (κ1) is 12.8. The molecule has 1 amide bonds. The number of hydrogen-bond donors (Lipinski definition) is 3. The van der Waals surface area contributed by atoms with E-state index in [4.69, 9.17) is 14.9 Å². The highest BCUT2D eigenvalue weighted by Gasteiger charge is 2.13. The van der Waals surface area contributed by atoms with Gasteiger partial charge in [0.05, 0.1) is 0 Å². The molecule has 0 saturated heterocycles. The molecule has 1 unspecified atom stereocenters. The van der Waals surface area contributed by atoms with Crippen LogP contribution >= 0.6 is 0 Å². The van der Waals surface area contributed by atoms with Crippen molar-refractivity contribution in [2.24, 2.45) is 0 Å². The minimum absolute atomic E-state index is 0.0984. The number of carboxylic acid groups (broad SMARTS) is 1. The van der Waals surface area contributed by atoms with Gasteiger partial charge in [-0.25, -0.2) is 0 Å². The van der Waals surface area contributed by atoms with E-state index < -0.39 is 17.9 Å². The van der Waals surface area contributed by atoms with Gasteiger partial charge in [-0.2, -0.15) is 0 Å². The third kappa shape index (κ3) is 4.42. The average molecular weight is 239 g/mol. The van der Waals surface area contributed by atoms with E-state index in [2.05, 4.69) is 5.32 Å². The van der Waals surface area contributed by atoms with Gasteiger partial charge >= 0.3 is 5.97 Å². The molecule has 0 spiro atoms. The van der Waals surface area contributed by atoms with E-state index in [0.29, 0.717) is 5.75 Å². The minimum atomic E-state index is -1.11. The number of ether oxygens (including phenoxy) is 1. The predicted octanol–water partition coefficient (Wildman–Crippen LogP) is 0.360. The lowest BCUT2D eigenvalue weighted by atomic mass is 10.3. The topological polar surface area (TPSA) is 95.9 Å². The molecule has 1 aromatic rings. The van der Waals surface area contributed by atoms with Crippen LogP contribution in [0.15, 0.2) is 24.3 Å². The van der Waals surface area contributed by atoms with E-state index in [-0.39, 0.29) is 12.4 Å². The van der Waals surface area contributed by atoms with Gasteiger partial charge in [-0.05, 0) is 31.2 Å². The maximum Gasteiger partial charge on any atom is 0.325 e. The number of hydrogen-bond acceptors (Lipinski definition) is 4. The molecule has 0 fully saturated rings. The number of phenolic OH excluding ortho intramolecular Hbond substituents is 1. The Labute approximate surface area is 97.8 Å². The van der Waals surface area contributed by atoms with Crippen molar-refractivity contribution in [1.82, 2.24) is 5.32 Å². The summed E-state index contributed by atoms with van der Waals surface area (Å²) in [6, 6.07) is 4.90. The number of carbonyl (C=O) groups excluding carboxylic acids is 1. The molecule has 1 aromatic carbocycles. The Balaban J connectivity index is 2.38. The van der Waals surface area contributed by atoms with Gasteiger partial charge in [-0.3, -0.25) is 9.59 Å². The summed E-state index contributed by atoms with van der Waals surface area (Å²) in [5.74, 6) is -1.11. The van der Waals surface area contributed by atoms with E-state index >= 15 is 0 Å². The molecular formula is C11H13NO5. The molecule has 1 atom stereocenters. The summed E-state index contributed by atoms with van der Waals surface area (Å²) in [7, 11) is 0. The fourth-order valence-corrected chi connectivity index (χ4v) is 1.04. The molecule has 0 aliphatic carbocycles. The van der Waals surface area contributed by atoms with Gasteiger partial charge in [0.1, 0.15) is 17.5 Å². The number of benzene rings is 1. The first-order valence-electron chi connectivity index (χ1n) is 4.93. The fraction of sp³-hybridized carbons (Fsp3) is 0.273. The van der Waals surface area contributed by atoms with E-state index in [1.807, 2.05) is 0 Å². The van der Waals surface area contributed by atoms with Gasteiger partial charge in [0, 0.05) is 0 Å². The van der Waals surface area contributed by atoms with Gasteiger partial charge < -0.3 is 20.3 Å². The lowest BCUT2D eigenvalue weighted by Crippen LogP contribution is -2.40. The Morgan fingerprint density at radius 2 is 1.94 bits per heavy atom. The number of aromatic hydroxyl groups is 1. The fourth-order valence-electron chi connectivity index (χ4n) is 1.04. The molecule has 0 heterocycles. The zero-order valence-corrected chi connectivity index (χ0v) is 9.21. The summed E-state index contributed by atoms with van der Waals surface area (Å²) < 4.78 is 5.09. The Morgan fingerprint density at radius 3 is 2.47 bits per heavy atom. The number of carboxylic acids is 1. The van der Waals surface area contributed by atoms with Gasteiger partial charge in [0.2, 0.25) is 0 Å². The summed E-state index contributed by atoms with van der Waals surface area (Å²) in [6.45, 7) is 1.09. The molecule has 3 N–H and O–H groups in total. The van der Waals surface area contributed by atoms with Crippen molar-refractivity contribution in [3.05, 3.63) is 24.3 Å². The molecular weight excluding hydrogens is 226 g/mol. The van der Waals surface area contributed by atoms with E-state index in [1.165, 1.54) is 31.2 Å². The SMILES string of the molecule is CC(NC(=O)COc1ccc(O)cc1)C(=O)O. The smallest absolute Gasteiger partial charge is 0.325 e. The number of rotatable bonds is 5. The van der Waals surface area contributed by atoms with Crippen LogP contribution in [0.5, 0.6) is 11.5 Å². The highest BCUT2D eigenvalue weighted by atomic mass is 16.5. The maximum absolute atomic E-state index is 11.2. The Morgan fingerprint density at radius 1 is 1.35 bits per heavy atom. The van der Waals surface area contributed by atoms with Crippen LogP contribution in [0.2, 0.25) is 0 Å². The lowest BCUT2D eigenvalue weighted by Gasteiger charge is -2.10. The molecule has 0 radical (unpaired) electrons. The van der Waals surface area contributed by atoms with Crippen LogP contribution in [-0.4, -0.2) is 34.7 Å². The van der Waals surface area contributed by atoms with Crippen molar-refractivity contribution < 1.29 is 24.5 Å². The van der Waals surface area contributed by atoms with Crippen LogP contribution in [0.25, 0.3) is 0 Å². The van der Waals surface area contributed by atoms with E-state index in [0.717, 1.165) is 0 Å². The summed E-state index contributed by atoms with van der Waals surface area (Å²) in [4.78, 5) is 21.7.